The van der Waals surface area contributed by atoms with Gasteiger partial charge in [0.25, 0.3) is 5.91 Å². The third kappa shape index (κ3) is 1.88. The minimum Gasteiger partial charge on any atom is -0.464 e. The lowest BCUT2D eigenvalue weighted by Gasteiger charge is -1.99. The van der Waals surface area contributed by atoms with Crippen molar-refractivity contribution in [2.75, 3.05) is 6.61 Å². The summed E-state index contributed by atoms with van der Waals surface area (Å²) in [5.74, 6) is -0.785. The molecule has 0 radical (unpaired) electrons. The van der Waals surface area contributed by atoms with E-state index in [1.807, 2.05) is 0 Å². The summed E-state index contributed by atoms with van der Waals surface area (Å²) < 4.78 is 4.93. The van der Waals surface area contributed by atoms with Crippen molar-refractivity contribution in [2.24, 2.45) is 5.73 Å². The molecule has 0 aliphatic rings. The molecule has 0 aliphatic heterocycles. The van der Waals surface area contributed by atoms with Crippen molar-refractivity contribution in [1.82, 2.24) is 15.0 Å². The van der Waals surface area contributed by atoms with Crippen LogP contribution in [0.4, 0.5) is 0 Å². The number of amides is 1. The monoisotopic (exact) mass is 168 g/mol. The van der Waals surface area contributed by atoms with Gasteiger partial charge in [0.1, 0.15) is 6.33 Å². The van der Waals surface area contributed by atoms with E-state index in [2.05, 4.69) is 15.0 Å². The molecular formula is C6H8N4O2. The molecule has 2 N–H and O–H groups in total. The third-order valence-corrected chi connectivity index (χ3v) is 1.04. The van der Waals surface area contributed by atoms with Crippen LogP contribution in [0.2, 0.25) is 0 Å². The van der Waals surface area contributed by atoms with E-state index in [0.29, 0.717) is 6.61 Å². The van der Waals surface area contributed by atoms with Crippen molar-refractivity contribution in [1.29, 1.82) is 0 Å². The number of rotatable bonds is 3. The molecule has 1 heterocycles. The van der Waals surface area contributed by atoms with E-state index < -0.39 is 5.91 Å². The molecule has 0 fully saturated rings. The number of primary amides is 1. The van der Waals surface area contributed by atoms with Gasteiger partial charge in [-0.2, -0.15) is 9.97 Å². The first-order valence-electron chi connectivity index (χ1n) is 3.35. The molecule has 6 heteroatoms. The number of ether oxygens (including phenoxy) is 1. The number of carbonyl (C=O) groups is 1. The molecule has 0 aliphatic carbocycles. The fourth-order valence-electron chi connectivity index (χ4n) is 0.599. The first-order valence-corrected chi connectivity index (χ1v) is 3.35. The van der Waals surface area contributed by atoms with E-state index in [4.69, 9.17) is 10.5 Å². The molecule has 6 nitrogen and oxygen atoms in total. The summed E-state index contributed by atoms with van der Waals surface area (Å²) in [6, 6.07) is 0.112. The number of carbonyl (C=O) groups excluding carboxylic acids is 1. The van der Waals surface area contributed by atoms with E-state index in [9.17, 15) is 4.79 Å². The van der Waals surface area contributed by atoms with Gasteiger partial charge in [0.15, 0.2) is 0 Å². The molecule has 0 spiro atoms. The quantitative estimate of drug-likeness (QED) is 0.648. The van der Waals surface area contributed by atoms with Crippen LogP contribution in [0.3, 0.4) is 0 Å². The maximum atomic E-state index is 10.6. The highest BCUT2D eigenvalue weighted by atomic mass is 16.5. The number of aromatic nitrogens is 3. The summed E-state index contributed by atoms with van der Waals surface area (Å²) in [5.41, 5.74) is 4.93. The van der Waals surface area contributed by atoms with Crippen LogP contribution >= 0.6 is 0 Å². The zero-order valence-electron chi connectivity index (χ0n) is 6.52. The van der Waals surface area contributed by atoms with Crippen LogP contribution in [0.5, 0.6) is 6.01 Å². The van der Waals surface area contributed by atoms with Gasteiger partial charge in [-0.15, -0.1) is 0 Å². The maximum absolute atomic E-state index is 10.6. The molecule has 1 aromatic rings. The summed E-state index contributed by atoms with van der Waals surface area (Å²) >= 11 is 0. The first-order chi connectivity index (χ1) is 5.74. The minimum atomic E-state index is -0.696. The van der Waals surface area contributed by atoms with Gasteiger partial charge in [-0.05, 0) is 6.92 Å². The van der Waals surface area contributed by atoms with E-state index in [0.717, 1.165) is 0 Å². The van der Waals surface area contributed by atoms with E-state index in [1.165, 1.54) is 6.33 Å². The fraction of sp³-hybridized carbons (Fsp3) is 0.333. The SMILES string of the molecule is CCOc1ncnc(C(N)=O)n1. The van der Waals surface area contributed by atoms with Crippen molar-refractivity contribution in [2.45, 2.75) is 6.92 Å². The Bertz CT molecular complexity index is 289. The smallest absolute Gasteiger partial charge is 0.320 e. The van der Waals surface area contributed by atoms with Crippen molar-refractivity contribution < 1.29 is 9.53 Å². The Hall–Kier alpha value is -1.72. The Labute approximate surface area is 68.8 Å². The van der Waals surface area contributed by atoms with Gasteiger partial charge in [-0.3, -0.25) is 4.79 Å². The van der Waals surface area contributed by atoms with E-state index in [1.54, 1.807) is 6.92 Å². The van der Waals surface area contributed by atoms with Crippen LogP contribution in [-0.4, -0.2) is 27.5 Å². The van der Waals surface area contributed by atoms with Crippen molar-refractivity contribution in [3.63, 3.8) is 0 Å². The molecule has 0 saturated heterocycles. The summed E-state index contributed by atoms with van der Waals surface area (Å²) in [6.07, 6.45) is 1.18. The zero-order chi connectivity index (χ0) is 8.97. The summed E-state index contributed by atoms with van der Waals surface area (Å²) in [7, 11) is 0. The van der Waals surface area contributed by atoms with Crippen molar-refractivity contribution >= 4 is 5.91 Å². The highest BCUT2D eigenvalue weighted by Gasteiger charge is 2.05. The van der Waals surface area contributed by atoms with Crippen LogP contribution in [0.25, 0.3) is 0 Å². The zero-order valence-corrected chi connectivity index (χ0v) is 6.52. The van der Waals surface area contributed by atoms with Gasteiger partial charge in [0.05, 0.1) is 6.61 Å². The number of nitrogens with two attached hydrogens (primary N) is 1. The maximum Gasteiger partial charge on any atom is 0.320 e. The molecule has 0 unspecified atom stereocenters. The molecule has 1 rings (SSSR count). The van der Waals surface area contributed by atoms with Crippen molar-refractivity contribution in [3.8, 4) is 6.01 Å². The van der Waals surface area contributed by atoms with Crippen molar-refractivity contribution in [3.05, 3.63) is 12.2 Å². The second kappa shape index (κ2) is 3.61. The Morgan fingerprint density at radius 3 is 3.00 bits per heavy atom. The Morgan fingerprint density at radius 2 is 2.42 bits per heavy atom. The summed E-state index contributed by atoms with van der Waals surface area (Å²) in [4.78, 5) is 21.4. The normalized spacial score (nSPS) is 9.42. The topological polar surface area (TPSA) is 91.0 Å². The fourth-order valence-corrected chi connectivity index (χ4v) is 0.599. The van der Waals surface area contributed by atoms with Gasteiger partial charge in [0, 0.05) is 0 Å². The Morgan fingerprint density at radius 1 is 1.67 bits per heavy atom. The molecular weight excluding hydrogens is 160 g/mol. The second-order valence-corrected chi connectivity index (χ2v) is 1.89. The second-order valence-electron chi connectivity index (χ2n) is 1.89. The molecule has 0 bridgehead atoms. The highest BCUT2D eigenvalue weighted by molar-refractivity contribution is 5.88. The molecule has 1 amide bonds. The van der Waals surface area contributed by atoms with E-state index >= 15 is 0 Å². The summed E-state index contributed by atoms with van der Waals surface area (Å²) in [5, 5.41) is 0. The molecule has 12 heavy (non-hydrogen) atoms. The average molecular weight is 168 g/mol. The van der Waals surface area contributed by atoms with Gasteiger partial charge < -0.3 is 10.5 Å². The van der Waals surface area contributed by atoms with Gasteiger partial charge in [0.2, 0.25) is 5.82 Å². The van der Waals surface area contributed by atoms with Crippen LogP contribution in [0, 0.1) is 0 Å². The minimum absolute atomic E-state index is 0.0894. The van der Waals surface area contributed by atoms with Crippen LogP contribution in [-0.2, 0) is 0 Å². The Kier molecular flexibility index (Phi) is 2.52. The lowest BCUT2D eigenvalue weighted by Crippen LogP contribution is -2.16. The van der Waals surface area contributed by atoms with Crippen LogP contribution in [0.15, 0.2) is 6.33 Å². The number of hydrogen-bond donors (Lipinski definition) is 1. The van der Waals surface area contributed by atoms with Crippen LogP contribution in [0.1, 0.15) is 17.5 Å². The Balaban J connectivity index is 2.88. The molecule has 0 saturated carbocycles. The van der Waals surface area contributed by atoms with E-state index in [-0.39, 0.29) is 11.8 Å². The molecule has 0 aromatic carbocycles. The van der Waals surface area contributed by atoms with Crippen LogP contribution < -0.4 is 10.5 Å². The lowest BCUT2D eigenvalue weighted by atomic mass is 10.6. The average Bonchev–Trinajstić information content (AvgIpc) is 2.05. The third-order valence-electron chi connectivity index (χ3n) is 1.04. The predicted molar refractivity (Wildman–Crippen MR) is 39.5 cm³/mol. The summed E-state index contributed by atoms with van der Waals surface area (Å²) in [6.45, 7) is 2.22. The largest absolute Gasteiger partial charge is 0.464 e. The standard InChI is InChI=1S/C6H8N4O2/c1-2-12-6-9-3-8-5(10-6)4(7)11/h3H,2H2,1H3,(H2,7,11). The number of hydrogen-bond acceptors (Lipinski definition) is 5. The molecule has 1 aromatic heterocycles. The number of nitrogens with zero attached hydrogens (tertiary/aromatic N) is 3. The highest BCUT2D eigenvalue weighted by Crippen LogP contribution is 1.98. The van der Waals surface area contributed by atoms with Gasteiger partial charge >= 0.3 is 6.01 Å². The van der Waals surface area contributed by atoms with Gasteiger partial charge in [-0.1, -0.05) is 0 Å². The lowest BCUT2D eigenvalue weighted by molar-refractivity contribution is 0.0988. The molecule has 64 valence electrons. The first kappa shape index (κ1) is 8.38. The van der Waals surface area contributed by atoms with Gasteiger partial charge in [-0.25, -0.2) is 4.98 Å². The predicted octanol–water partition coefficient (Wildman–Crippen LogP) is -0.631. The molecule has 0 atom stereocenters.